The fourth-order valence-electron chi connectivity index (χ4n) is 4.48. The van der Waals surface area contributed by atoms with Gasteiger partial charge in [-0.1, -0.05) is 11.6 Å². The van der Waals surface area contributed by atoms with E-state index in [1.807, 2.05) is 12.1 Å². The number of benzene rings is 1. The quantitative estimate of drug-likeness (QED) is 0.853. The van der Waals surface area contributed by atoms with Gasteiger partial charge in [0.1, 0.15) is 0 Å². The molecule has 0 spiro atoms. The van der Waals surface area contributed by atoms with Gasteiger partial charge >= 0.3 is 0 Å². The molecule has 1 amide bonds. The van der Waals surface area contributed by atoms with E-state index < -0.39 is 0 Å². The summed E-state index contributed by atoms with van der Waals surface area (Å²) >= 11 is 9.35. The van der Waals surface area contributed by atoms with E-state index in [-0.39, 0.29) is 11.8 Å². The first-order valence-corrected chi connectivity index (χ1v) is 8.08. The van der Waals surface area contributed by atoms with Crippen LogP contribution in [-0.4, -0.2) is 5.91 Å². The van der Waals surface area contributed by atoms with Crippen LogP contribution in [0.2, 0.25) is 5.02 Å². The van der Waals surface area contributed by atoms with Crippen LogP contribution >= 0.6 is 27.5 Å². The van der Waals surface area contributed by atoms with Crippen molar-refractivity contribution >= 4 is 39.1 Å². The molecule has 19 heavy (non-hydrogen) atoms. The third-order valence-electron chi connectivity index (χ3n) is 5.23. The van der Waals surface area contributed by atoms with E-state index in [0.717, 1.165) is 22.0 Å². The Balaban J connectivity index is 1.48. The smallest absolute Gasteiger partial charge is 0.228 e. The molecule has 3 fully saturated rings. The number of fused-ring (bicyclic) bond motifs is 5. The van der Waals surface area contributed by atoms with Crippen molar-refractivity contribution in [3.8, 4) is 0 Å². The van der Waals surface area contributed by atoms with Gasteiger partial charge in [-0.3, -0.25) is 4.79 Å². The molecule has 0 aliphatic heterocycles. The Morgan fingerprint density at radius 3 is 2.58 bits per heavy atom. The van der Waals surface area contributed by atoms with Crippen LogP contribution in [0.5, 0.6) is 0 Å². The Hall–Kier alpha value is -0.540. The summed E-state index contributed by atoms with van der Waals surface area (Å²) in [6.45, 7) is 0. The maximum Gasteiger partial charge on any atom is 0.228 e. The highest BCUT2D eigenvalue weighted by atomic mass is 79.9. The number of nitrogens with one attached hydrogen (secondary N) is 1. The minimum Gasteiger partial charge on any atom is -0.325 e. The van der Waals surface area contributed by atoms with Crippen LogP contribution in [-0.2, 0) is 4.79 Å². The Morgan fingerprint density at radius 1 is 1.26 bits per heavy atom. The van der Waals surface area contributed by atoms with E-state index in [4.69, 9.17) is 11.6 Å². The Labute approximate surface area is 126 Å². The molecule has 4 unspecified atom stereocenters. The number of hydrogen-bond acceptors (Lipinski definition) is 1. The molecule has 2 bridgehead atoms. The van der Waals surface area contributed by atoms with Crippen LogP contribution in [0.1, 0.15) is 19.3 Å². The Kier molecular flexibility index (Phi) is 2.72. The number of carbonyl (C=O) groups is 1. The lowest BCUT2D eigenvalue weighted by atomic mass is 10.0. The molecule has 3 saturated carbocycles. The van der Waals surface area contributed by atoms with Crippen molar-refractivity contribution < 1.29 is 4.79 Å². The number of anilines is 1. The van der Waals surface area contributed by atoms with E-state index >= 15 is 0 Å². The van der Waals surface area contributed by atoms with Gasteiger partial charge in [-0.2, -0.15) is 0 Å². The molecule has 3 aliphatic rings. The average Bonchev–Trinajstić information content (AvgIpc) is 2.82. The van der Waals surface area contributed by atoms with Gasteiger partial charge in [-0.15, -0.1) is 0 Å². The van der Waals surface area contributed by atoms with Gasteiger partial charge < -0.3 is 5.32 Å². The lowest BCUT2D eigenvalue weighted by molar-refractivity contribution is -0.118. The molecule has 4 atom stereocenters. The van der Waals surface area contributed by atoms with Crippen molar-refractivity contribution in [1.29, 1.82) is 0 Å². The van der Waals surface area contributed by atoms with E-state index in [9.17, 15) is 4.79 Å². The van der Waals surface area contributed by atoms with Crippen molar-refractivity contribution in [1.82, 2.24) is 0 Å². The van der Waals surface area contributed by atoms with E-state index in [1.54, 1.807) is 6.07 Å². The van der Waals surface area contributed by atoms with E-state index in [0.29, 0.717) is 16.9 Å². The summed E-state index contributed by atoms with van der Waals surface area (Å²) in [4.78, 5) is 12.4. The molecular weight excluding hydrogens is 326 g/mol. The zero-order valence-corrected chi connectivity index (χ0v) is 12.7. The minimum absolute atomic E-state index is 0.203. The third kappa shape index (κ3) is 1.85. The highest BCUT2D eigenvalue weighted by Gasteiger charge is 2.67. The van der Waals surface area contributed by atoms with Gasteiger partial charge in [0, 0.05) is 15.4 Å². The molecular formula is C15H15BrClNO. The highest BCUT2D eigenvalue weighted by Crippen LogP contribution is 2.69. The monoisotopic (exact) mass is 339 g/mol. The van der Waals surface area contributed by atoms with Gasteiger partial charge in [0.2, 0.25) is 5.91 Å². The molecule has 1 N–H and O–H groups in total. The standard InChI is InChI=1S/C15H15BrClNO/c16-10-6-9(17)3-4-11(10)18-15(19)14-12-7-1-2-8(5-7)13(12)14/h3-4,6-8,12-14H,1-2,5H2,(H,18,19). The second-order valence-electron chi connectivity index (χ2n) is 6.13. The molecule has 1 aromatic carbocycles. The average molecular weight is 341 g/mol. The molecule has 0 aromatic heterocycles. The molecule has 3 aliphatic carbocycles. The molecule has 2 nitrogen and oxygen atoms in total. The summed E-state index contributed by atoms with van der Waals surface area (Å²) in [7, 11) is 0. The fourth-order valence-corrected chi connectivity index (χ4v) is 5.26. The van der Waals surface area contributed by atoms with Crippen LogP contribution < -0.4 is 5.32 Å². The number of amides is 1. The number of hydrogen-bond donors (Lipinski definition) is 1. The maximum atomic E-state index is 12.4. The molecule has 0 saturated heterocycles. The molecule has 4 rings (SSSR count). The third-order valence-corrected chi connectivity index (χ3v) is 6.12. The van der Waals surface area contributed by atoms with Gasteiger partial charge in [0.15, 0.2) is 0 Å². The molecule has 1 aromatic rings. The summed E-state index contributed by atoms with van der Waals surface area (Å²) in [5, 5.41) is 3.72. The molecule has 0 radical (unpaired) electrons. The van der Waals surface area contributed by atoms with E-state index in [2.05, 4.69) is 21.2 Å². The summed E-state index contributed by atoms with van der Waals surface area (Å²) in [5.41, 5.74) is 0.826. The number of halogens is 2. The Bertz CT molecular complexity index is 545. The first-order valence-electron chi connectivity index (χ1n) is 6.91. The van der Waals surface area contributed by atoms with Crippen molar-refractivity contribution in [3.63, 3.8) is 0 Å². The van der Waals surface area contributed by atoms with Gasteiger partial charge in [-0.25, -0.2) is 0 Å². The first kappa shape index (κ1) is 12.2. The summed E-state index contributed by atoms with van der Waals surface area (Å²) in [5.74, 6) is 3.51. The molecule has 4 heteroatoms. The normalized spacial score (nSPS) is 38.1. The summed E-state index contributed by atoms with van der Waals surface area (Å²) in [6, 6.07) is 5.48. The predicted molar refractivity (Wildman–Crippen MR) is 79.1 cm³/mol. The van der Waals surface area contributed by atoms with Crippen LogP contribution in [0.25, 0.3) is 0 Å². The highest BCUT2D eigenvalue weighted by molar-refractivity contribution is 9.10. The molecule has 0 heterocycles. The van der Waals surface area contributed by atoms with Crippen LogP contribution in [0.15, 0.2) is 22.7 Å². The van der Waals surface area contributed by atoms with Crippen molar-refractivity contribution in [2.45, 2.75) is 19.3 Å². The lowest BCUT2D eigenvalue weighted by Gasteiger charge is -2.11. The SMILES string of the molecule is O=C(Nc1ccc(Cl)cc1Br)C1C2C3CCC(C3)C12. The minimum atomic E-state index is 0.203. The van der Waals surface area contributed by atoms with Crippen molar-refractivity contribution in [2.75, 3.05) is 5.32 Å². The second-order valence-corrected chi connectivity index (χ2v) is 7.42. The number of carbonyl (C=O) groups excluding carboxylic acids is 1. The van der Waals surface area contributed by atoms with E-state index in [1.165, 1.54) is 19.3 Å². The van der Waals surface area contributed by atoms with Gasteiger partial charge in [0.05, 0.1) is 5.69 Å². The zero-order chi connectivity index (χ0) is 13.1. The largest absolute Gasteiger partial charge is 0.325 e. The fraction of sp³-hybridized carbons (Fsp3) is 0.533. The van der Waals surface area contributed by atoms with Crippen LogP contribution in [0, 0.1) is 29.6 Å². The topological polar surface area (TPSA) is 29.1 Å². The predicted octanol–water partition coefficient (Wildman–Crippen LogP) is 4.33. The lowest BCUT2D eigenvalue weighted by Crippen LogP contribution is -2.18. The van der Waals surface area contributed by atoms with Gasteiger partial charge in [0.25, 0.3) is 0 Å². The Morgan fingerprint density at radius 2 is 1.95 bits per heavy atom. The molecule has 100 valence electrons. The number of rotatable bonds is 2. The summed E-state index contributed by atoms with van der Waals surface area (Å²) < 4.78 is 0.849. The first-order chi connectivity index (χ1) is 9.15. The summed E-state index contributed by atoms with van der Waals surface area (Å²) in [6.07, 6.45) is 4.07. The zero-order valence-electron chi connectivity index (χ0n) is 10.4. The van der Waals surface area contributed by atoms with Crippen molar-refractivity contribution in [3.05, 3.63) is 27.7 Å². The second kappa shape index (κ2) is 4.23. The van der Waals surface area contributed by atoms with Crippen LogP contribution in [0.3, 0.4) is 0 Å². The van der Waals surface area contributed by atoms with Gasteiger partial charge in [-0.05, 0) is 77.1 Å². The maximum absolute atomic E-state index is 12.4. The van der Waals surface area contributed by atoms with Crippen molar-refractivity contribution in [2.24, 2.45) is 29.6 Å². The van der Waals surface area contributed by atoms with Crippen LogP contribution in [0.4, 0.5) is 5.69 Å².